The van der Waals surface area contributed by atoms with Crippen molar-refractivity contribution < 1.29 is 9.84 Å². The molecule has 2 unspecified atom stereocenters. The summed E-state index contributed by atoms with van der Waals surface area (Å²) >= 11 is 0. The molecular weight excluding hydrogens is 202 g/mol. The number of aliphatic hydroxyl groups is 1. The molecule has 0 aliphatic carbocycles. The van der Waals surface area contributed by atoms with Crippen LogP contribution in [0, 0.1) is 0 Å². The van der Waals surface area contributed by atoms with Crippen molar-refractivity contribution >= 4 is 0 Å². The minimum atomic E-state index is -0.493. The summed E-state index contributed by atoms with van der Waals surface area (Å²) < 4.78 is 5.52. The van der Waals surface area contributed by atoms with E-state index in [4.69, 9.17) is 10.5 Å². The number of nitrogens with two attached hydrogens (primary N) is 1. The standard InChI is InChI=1S/C13H21NO2/c1-9(2)16-12-6-4-11(5-7-12)13(15)8-10(3)14/h4-7,9-10,13,15H,8,14H2,1-3H3. The van der Waals surface area contributed by atoms with Crippen LogP contribution in [-0.2, 0) is 0 Å². The van der Waals surface area contributed by atoms with Crippen LogP contribution in [0.25, 0.3) is 0 Å². The van der Waals surface area contributed by atoms with E-state index in [0.717, 1.165) is 11.3 Å². The van der Waals surface area contributed by atoms with Crippen LogP contribution in [0.15, 0.2) is 24.3 Å². The van der Waals surface area contributed by atoms with Crippen molar-refractivity contribution in [1.82, 2.24) is 0 Å². The van der Waals surface area contributed by atoms with Gasteiger partial charge in [-0.15, -0.1) is 0 Å². The highest BCUT2D eigenvalue weighted by molar-refractivity contribution is 5.28. The zero-order chi connectivity index (χ0) is 12.1. The molecule has 0 saturated heterocycles. The van der Waals surface area contributed by atoms with Gasteiger partial charge in [0.05, 0.1) is 12.2 Å². The molecule has 0 aliphatic rings. The van der Waals surface area contributed by atoms with Crippen LogP contribution in [0.1, 0.15) is 38.9 Å². The van der Waals surface area contributed by atoms with Crippen LogP contribution in [0.2, 0.25) is 0 Å². The lowest BCUT2D eigenvalue weighted by atomic mass is 10.0. The number of benzene rings is 1. The molecule has 16 heavy (non-hydrogen) atoms. The number of rotatable bonds is 5. The number of aliphatic hydroxyl groups excluding tert-OH is 1. The Labute approximate surface area is 97.2 Å². The van der Waals surface area contributed by atoms with Crippen LogP contribution in [0.5, 0.6) is 5.75 Å². The van der Waals surface area contributed by atoms with E-state index in [0.29, 0.717) is 6.42 Å². The Balaban J connectivity index is 2.63. The first-order valence-electron chi connectivity index (χ1n) is 5.69. The van der Waals surface area contributed by atoms with Crippen molar-refractivity contribution in [3.63, 3.8) is 0 Å². The molecule has 0 heterocycles. The first-order chi connectivity index (χ1) is 7.49. The van der Waals surface area contributed by atoms with Crippen molar-refractivity contribution in [2.45, 2.75) is 45.4 Å². The fourth-order valence-electron chi connectivity index (χ4n) is 1.53. The molecule has 0 amide bonds. The maximum absolute atomic E-state index is 9.84. The van der Waals surface area contributed by atoms with Crippen molar-refractivity contribution in [2.75, 3.05) is 0 Å². The lowest BCUT2D eigenvalue weighted by Gasteiger charge is -2.14. The summed E-state index contributed by atoms with van der Waals surface area (Å²) in [5.74, 6) is 0.826. The van der Waals surface area contributed by atoms with E-state index < -0.39 is 6.10 Å². The molecule has 0 aromatic heterocycles. The predicted octanol–water partition coefficient (Wildman–Crippen LogP) is 2.24. The van der Waals surface area contributed by atoms with Gasteiger partial charge in [0, 0.05) is 6.04 Å². The van der Waals surface area contributed by atoms with Crippen molar-refractivity contribution in [3.8, 4) is 5.75 Å². The van der Waals surface area contributed by atoms with Crippen molar-refractivity contribution in [3.05, 3.63) is 29.8 Å². The minimum absolute atomic E-state index is 0.00147. The molecule has 3 heteroatoms. The van der Waals surface area contributed by atoms with E-state index in [1.807, 2.05) is 45.0 Å². The van der Waals surface area contributed by atoms with Gasteiger partial charge < -0.3 is 15.6 Å². The summed E-state index contributed by atoms with van der Waals surface area (Å²) in [5, 5.41) is 9.84. The van der Waals surface area contributed by atoms with Gasteiger partial charge in [0.15, 0.2) is 0 Å². The van der Waals surface area contributed by atoms with E-state index in [1.165, 1.54) is 0 Å². The van der Waals surface area contributed by atoms with Crippen LogP contribution in [0.4, 0.5) is 0 Å². The highest BCUT2D eigenvalue weighted by Gasteiger charge is 2.09. The molecule has 0 spiro atoms. The third kappa shape index (κ3) is 4.21. The monoisotopic (exact) mass is 223 g/mol. The first kappa shape index (κ1) is 13.0. The lowest BCUT2D eigenvalue weighted by Crippen LogP contribution is -2.18. The fourth-order valence-corrected chi connectivity index (χ4v) is 1.53. The number of hydrogen-bond donors (Lipinski definition) is 2. The molecule has 3 nitrogen and oxygen atoms in total. The second-order valence-corrected chi connectivity index (χ2v) is 4.46. The van der Waals surface area contributed by atoms with Gasteiger partial charge in [-0.25, -0.2) is 0 Å². The minimum Gasteiger partial charge on any atom is -0.491 e. The second kappa shape index (κ2) is 5.87. The van der Waals surface area contributed by atoms with Gasteiger partial charge in [0.2, 0.25) is 0 Å². The van der Waals surface area contributed by atoms with E-state index in [-0.39, 0.29) is 12.1 Å². The summed E-state index contributed by atoms with van der Waals surface area (Å²) in [7, 11) is 0. The zero-order valence-electron chi connectivity index (χ0n) is 10.2. The van der Waals surface area contributed by atoms with Gasteiger partial charge in [-0.1, -0.05) is 12.1 Å². The first-order valence-corrected chi connectivity index (χ1v) is 5.69. The van der Waals surface area contributed by atoms with E-state index >= 15 is 0 Å². The lowest BCUT2D eigenvalue weighted by molar-refractivity contribution is 0.160. The maximum atomic E-state index is 9.84. The molecule has 1 aromatic carbocycles. The van der Waals surface area contributed by atoms with Crippen LogP contribution < -0.4 is 10.5 Å². The SMILES string of the molecule is CC(N)CC(O)c1ccc(OC(C)C)cc1. The van der Waals surface area contributed by atoms with Gasteiger partial charge in [-0.3, -0.25) is 0 Å². The number of hydrogen-bond acceptors (Lipinski definition) is 3. The Hall–Kier alpha value is -1.06. The maximum Gasteiger partial charge on any atom is 0.119 e. The Morgan fingerprint density at radius 1 is 1.19 bits per heavy atom. The van der Waals surface area contributed by atoms with Gasteiger partial charge in [0.1, 0.15) is 5.75 Å². The molecule has 0 bridgehead atoms. The van der Waals surface area contributed by atoms with E-state index in [1.54, 1.807) is 0 Å². The van der Waals surface area contributed by atoms with Crippen LogP contribution in [-0.4, -0.2) is 17.3 Å². The summed E-state index contributed by atoms with van der Waals surface area (Å²) in [6, 6.07) is 7.51. The Bertz CT molecular complexity index is 306. The molecule has 0 radical (unpaired) electrons. The largest absolute Gasteiger partial charge is 0.491 e. The van der Waals surface area contributed by atoms with Gasteiger partial charge >= 0.3 is 0 Å². The Kier molecular flexibility index (Phi) is 4.77. The Morgan fingerprint density at radius 3 is 2.19 bits per heavy atom. The molecular formula is C13H21NO2. The average molecular weight is 223 g/mol. The van der Waals surface area contributed by atoms with E-state index in [9.17, 15) is 5.11 Å². The zero-order valence-corrected chi connectivity index (χ0v) is 10.2. The molecule has 90 valence electrons. The highest BCUT2D eigenvalue weighted by Crippen LogP contribution is 2.21. The summed E-state index contributed by atoms with van der Waals surface area (Å²) in [5.41, 5.74) is 6.52. The summed E-state index contributed by atoms with van der Waals surface area (Å²) in [6.45, 7) is 5.86. The smallest absolute Gasteiger partial charge is 0.119 e. The van der Waals surface area contributed by atoms with E-state index in [2.05, 4.69) is 0 Å². The molecule has 0 fully saturated rings. The number of ether oxygens (including phenoxy) is 1. The van der Waals surface area contributed by atoms with Gasteiger partial charge in [-0.05, 0) is 44.9 Å². The normalized spacial score (nSPS) is 14.9. The molecule has 1 aromatic rings. The molecule has 2 atom stereocenters. The van der Waals surface area contributed by atoms with Crippen LogP contribution in [0.3, 0.4) is 0 Å². The van der Waals surface area contributed by atoms with Crippen LogP contribution >= 0.6 is 0 Å². The average Bonchev–Trinajstić information content (AvgIpc) is 2.16. The summed E-state index contributed by atoms with van der Waals surface area (Å²) in [6.07, 6.45) is 0.248. The van der Waals surface area contributed by atoms with Gasteiger partial charge in [-0.2, -0.15) is 0 Å². The third-order valence-electron chi connectivity index (χ3n) is 2.23. The topological polar surface area (TPSA) is 55.5 Å². The molecule has 3 N–H and O–H groups in total. The third-order valence-corrected chi connectivity index (χ3v) is 2.23. The Morgan fingerprint density at radius 2 is 1.75 bits per heavy atom. The molecule has 0 saturated carbocycles. The highest BCUT2D eigenvalue weighted by atomic mass is 16.5. The summed E-state index contributed by atoms with van der Waals surface area (Å²) in [4.78, 5) is 0. The molecule has 1 rings (SSSR count). The fraction of sp³-hybridized carbons (Fsp3) is 0.538. The van der Waals surface area contributed by atoms with Crippen molar-refractivity contribution in [1.29, 1.82) is 0 Å². The van der Waals surface area contributed by atoms with Gasteiger partial charge in [0.25, 0.3) is 0 Å². The quantitative estimate of drug-likeness (QED) is 0.805. The molecule has 0 aliphatic heterocycles. The predicted molar refractivity (Wildman–Crippen MR) is 65.4 cm³/mol. The second-order valence-electron chi connectivity index (χ2n) is 4.46. The van der Waals surface area contributed by atoms with Crippen molar-refractivity contribution in [2.24, 2.45) is 5.73 Å².